The van der Waals surface area contributed by atoms with E-state index in [1.165, 1.54) is 13.8 Å². The van der Waals surface area contributed by atoms with Crippen LogP contribution in [0.1, 0.15) is 13.8 Å². The van der Waals surface area contributed by atoms with Crippen LogP contribution in [0.15, 0.2) is 12.3 Å². The van der Waals surface area contributed by atoms with E-state index in [4.69, 9.17) is 0 Å². The van der Waals surface area contributed by atoms with Gasteiger partial charge in [-0.25, -0.2) is 4.98 Å². The molecule has 0 radical (unpaired) electrons. The molecule has 0 aliphatic rings. The normalized spacial score (nSPS) is 9.47. The maximum absolute atomic E-state index is 10.9. The molecule has 1 aromatic rings. The lowest BCUT2D eigenvalue weighted by Gasteiger charge is -2.09. The zero-order chi connectivity index (χ0) is 11.4. The van der Waals surface area contributed by atoms with Gasteiger partial charge in [0.1, 0.15) is 7.85 Å². The van der Waals surface area contributed by atoms with E-state index < -0.39 is 0 Å². The van der Waals surface area contributed by atoms with Crippen molar-refractivity contribution in [3.63, 3.8) is 0 Å². The van der Waals surface area contributed by atoms with Crippen molar-refractivity contribution in [2.75, 3.05) is 10.6 Å². The minimum Gasteiger partial charge on any atom is -0.323 e. The van der Waals surface area contributed by atoms with Gasteiger partial charge in [0.25, 0.3) is 0 Å². The molecule has 2 amide bonds. The summed E-state index contributed by atoms with van der Waals surface area (Å²) >= 11 is 0. The Labute approximate surface area is 88.7 Å². The molecule has 2 N–H and O–H groups in total. The molecule has 0 aliphatic carbocycles. The van der Waals surface area contributed by atoms with Crippen molar-refractivity contribution in [1.29, 1.82) is 0 Å². The molecule has 0 unspecified atom stereocenters. The zero-order valence-electron chi connectivity index (χ0n) is 8.92. The highest BCUT2D eigenvalue weighted by atomic mass is 16.2. The van der Waals surface area contributed by atoms with Gasteiger partial charge >= 0.3 is 0 Å². The molecule has 5 nitrogen and oxygen atoms in total. The van der Waals surface area contributed by atoms with Crippen LogP contribution in [0.5, 0.6) is 0 Å². The molecule has 15 heavy (non-hydrogen) atoms. The molecule has 1 rings (SSSR count). The molecule has 0 saturated heterocycles. The molecular weight excluding hydrogens is 193 g/mol. The third kappa shape index (κ3) is 3.42. The number of amides is 2. The van der Waals surface area contributed by atoms with Crippen LogP contribution < -0.4 is 16.1 Å². The number of nitrogens with zero attached hydrogens (tertiary/aromatic N) is 1. The van der Waals surface area contributed by atoms with Crippen LogP contribution in [0.4, 0.5) is 11.5 Å². The first kappa shape index (κ1) is 11.2. The number of carbonyl (C=O) groups is 2. The van der Waals surface area contributed by atoms with Gasteiger partial charge in [0.2, 0.25) is 11.8 Å². The Morgan fingerprint density at radius 3 is 2.40 bits per heavy atom. The standard InChI is InChI=1S/C9H12BN3O2/c1-5(14)12-8-3-7(10)4-11-9(8)13-6(2)15/h3-4H,10H2,1-2H3,(H,12,14)(H,11,13,15). The number of hydrogen-bond acceptors (Lipinski definition) is 3. The van der Waals surface area contributed by atoms with Crippen LogP contribution >= 0.6 is 0 Å². The lowest BCUT2D eigenvalue weighted by atomic mass is 9.98. The molecule has 0 fully saturated rings. The zero-order valence-corrected chi connectivity index (χ0v) is 8.92. The van der Waals surface area contributed by atoms with Crippen molar-refractivity contribution >= 4 is 36.6 Å². The van der Waals surface area contributed by atoms with Crippen LogP contribution in [-0.2, 0) is 9.59 Å². The van der Waals surface area contributed by atoms with E-state index in [1.54, 1.807) is 12.3 Å². The highest BCUT2D eigenvalue weighted by molar-refractivity contribution is 6.32. The molecule has 0 bridgehead atoms. The number of nitrogens with one attached hydrogen (secondary N) is 2. The maximum atomic E-state index is 10.9. The fourth-order valence-corrected chi connectivity index (χ4v) is 1.12. The van der Waals surface area contributed by atoms with Crippen molar-refractivity contribution in [1.82, 2.24) is 4.98 Å². The van der Waals surface area contributed by atoms with Gasteiger partial charge in [0.15, 0.2) is 5.82 Å². The minimum absolute atomic E-state index is 0.200. The molecule has 0 spiro atoms. The van der Waals surface area contributed by atoms with E-state index in [1.807, 2.05) is 7.85 Å². The Kier molecular flexibility index (Phi) is 3.44. The van der Waals surface area contributed by atoms with E-state index >= 15 is 0 Å². The van der Waals surface area contributed by atoms with Crippen molar-refractivity contribution < 1.29 is 9.59 Å². The van der Waals surface area contributed by atoms with E-state index in [-0.39, 0.29) is 11.8 Å². The number of rotatable bonds is 2. The van der Waals surface area contributed by atoms with Crippen molar-refractivity contribution in [3.05, 3.63) is 12.3 Å². The number of hydrogen-bond donors (Lipinski definition) is 2. The molecule has 0 atom stereocenters. The Hall–Kier alpha value is -1.85. The first-order chi connectivity index (χ1) is 6.99. The minimum atomic E-state index is -0.224. The third-order valence-corrected chi connectivity index (χ3v) is 1.63. The van der Waals surface area contributed by atoms with Gasteiger partial charge in [0, 0.05) is 20.0 Å². The third-order valence-electron chi connectivity index (χ3n) is 1.63. The second-order valence-corrected chi connectivity index (χ2v) is 3.27. The number of carbonyl (C=O) groups excluding carboxylic acids is 2. The van der Waals surface area contributed by atoms with Gasteiger partial charge in [-0.3, -0.25) is 9.59 Å². The quantitative estimate of drug-likeness (QED) is 0.624. The Morgan fingerprint density at radius 2 is 1.87 bits per heavy atom. The molecule has 1 aromatic heterocycles. The predicted molar refractivity (Wildman–Crippen MR) is 61.0 cm³/mol. The number of pyridine rings is 1. The van der Waals surface area contributed by atoms with Crippen LogP contribution in [0.3, 0.4) is 0 Å². The van der Waals surface area contributed by atoms with Crippen molar-refractivity contribution in [2.45, 2.75) is 13.8 Å². The van der Waals surface area contributed by atoms with Crippen LogP contribution in [0, 0.1) is 0 Å². The first-order valence-electron chi connectivity index (χ1n) is 4.51. The highest BCUT2D eigenvalue weighted by Gasteiger charge is 2.06. The molecule has 6 heteroatoms. The summed E-state index contributed by atoms with van der Waals surface area (Å²) in [5.41, 5.74) is 1.42. The molecular formula is C9H12BN3O2. The summed E-state index contributed by atoms with van der Waals surface area (Å²) < 4.78 is 0. The second kappa shape index (κ2) is 4.59. The van der Waals surface area contributed by atoms with Gasteiger partial charge in [-0.1, -0.05) is 5.46 Å². The van der Waals surface area contributed by atoms with Crippen LogP contribution in [0.2, 0.25) is 0 Å². The summed E-state index contributed by atoms with van der Waals surface area (Å²) in [6.07, 6.45) is 1.62. The van der Waals surface area contributed by atoms with Gasteiger partial charge in [-0.15, -0.1) is 0 Å². The van der Waals surface area contributed by atoms with E-state index in [0.29, 0.717) is 11.5 Å². The van der Waals surface area contributed by atoms with Gasteiger partial charge in [0.05, 0.1) is 5.69 Å². The summed E-state index contributed by atoms with van der Waals surface area (Å²) in [5.74, 6) is -0.0599. The number of anilines is 2. The maximum Gasteiger partial charge on any atom is 0.222 e. The average Bonchev–Trinajstić information content (AvgIpc) is 2.08. The monoisotopic (exact) mass is 205 g/mol. The summed E-state index contributed by atoms with van der Waals surface area (Å²) in [6.45, 7) is 2.79. The topological polar surface area (TPSA) is 71.1 Å². The SMILES string of the molecule is Bc1cnc(NC(C)=O)c(NC(C)=O)c1. The van der Waals surface area contributed by atoms with Gasteiger partial charge in [-0.2, -0.15) is 0 Å². The van der Waals surface area contributed by atoms with Crippen molar-refractivity contribution in [2.24, 2.45) is 0 Å². The lowest BCUT2D eigenvalue weighted by Crippen LogP contribution is -2.16. The van der Waals surface area contributed by atoms with Crippen molar-refractivity contribution in [3.8, 4) is 0 Å². The largest absolute Gasteiger partial charge is 0.323 e. The Bertz CT molecular complexity index is 406. The van der Waals surface area contributed by atoms with E-state index in [2.05, 4.69) is 15.6 Å². The molecule has 0 saturated carbocycles. The Balaban J connectivity index is 3.02. The van der Waals surface area contributed by atoms with Crippen LogP contribution in [0.25, 0.3) is 0 Å². The van der Waals surface area contributed by atoms with Gasteiger partial charge in [-0.05, 0) is 6.07 Å². The molecule has 0 aliphatic heterocycles. The fraction of sp³-hybridized carbons (Fsp3) is 0.222. The fourth-order valence-electron chi connectivity index (χ4n) is 1.12. The predicted octanol–water partition coefficient (Wildman–Crippen LogP) is -0.743. The summed E-state index contributed by atoms with van der Waals surface area (Å²) in [6, 6.07) is 1.75. The molecule has 1 heterocycles. The lowest BCUT2D eigenvalue weighted by molar-refractivity contribution is -0.115. The van der Waals surface area contributed by atoms with E-state index in [9.17, 15) is 9.59 Å². The van der Waals surface area contributed by atoms with Crippen LogP contribution in [-0.4, -0.2) is 24.6 Å². The number of aromatic nitrogens is 1. The molecule has 78 valence electrons. The smallest absolute Gasteiger partial charge is 0.222 e. The molecule has 0 aromatic carbocycles. The van der Waals surface area contributed by atoms with E-state index in [0.717, 1.165) is 5.46 Å². The first-order valence-corrected chi connectivity index (χ1v) is 4.51. The summed E-state index contributed by atoms with van der Waals surface area (Å²) in [4.78, 5) is 25.8. The summed E-state index contributed by atoms with van der Waals surface area (Å²) in [7, 11) is 1.86. The highest BCUT2D eigenvalue weighted by Crippen LogP contribution is 2.16. The second-order valence-electron chi connectivity index (χ2n) is 3.27. The summed E-state index contributed by atoms with van der Waals surface area (Å²) in [5, 5.41) is 5.14. The van der Waals surface area contributed by atoms with Gasteiger partial charge < -0.3 is 10.6 Å². The average molecular weight is 205 g/mol. The Morgan fingerprint density at radius 1 is 1.27 bits per heavy atom.